The van der Waals surface area contributed by atoms with Crippen LogP contribution in [-0.2, 0) is 4.79 Å². The minimum atomic E-state index is 0.236. The predicted molar refractivity (Wildman–Crippen MR) is 88.6 cm³/mol. The molecule has 3 nitrogen and oxygen atoms in total. The summed E-state index contributed by atoms with van der Waals surface area (Å²) in [6, 6.07) is 8.86. The summed E-state index contributed by atoms with van der Waals surface area (Å²) in [5.74, 6) is 3.14. The van der Waals surface area contributed by atoms with Crippen LogP contribution in [0.25, 0.3) is 0 Å². The average Bonchev–Trinajstić information content (AvgIpc) is 3.32. The van der Waals surface area contributed by atoms with Gasteiger partial charge in [0.2, 0.25) is 5.91 Å². The highest BCUT2D eigenvalue weighted by molar-refractivity contribution is 7.99. The molecule has 0 aromatic heterocycles. The fraction of sp³-hybridized carbons (Fsp3) is 0.588. The highest BCUT2D eigenvalue weighted by Gasteiger charge is 2.28. The van der Waals surface area contributed by atoms with Crippen LogP contribution in [0.1, 0.15) is 30.0 Å². The minimum Gasteiger partial charge on any atom is -0.333 e. The molecule has 1 aliphatic heterocycles. The maximum Gasteiger partial charge on any atom is 0.237 e. The van der Waals surface area contributed by atoms with E-state index in [1.54, 1.807) is 0 Å². The van der Waals surface area contributed by atoms with Crippen LogP contribution in [0.3, 0.4) is 0 Å². The summed E-state index contributed by atoms with van der Waals surface area (Å²) in [6.07, 6.45) is 2.65. The second-order valence-corrected chi connectivity index (χ2v) is 7.31. The first-order valence-corrected chi connectivity index (χ1v) is 9.04. The molecule has 21 heavy (non-hydrogen) atoms. The highest BCUT2D eigenvalue weighted by Crippen LogP contribution is 2.30. The molecular weight excluding hydrogens is 280 g/mol. The molecule has 1 amide bonds. The van der Waals surface area contributed by atoms with Gasteiger partial charge in [-0.3, -0.25) is 4.79 Å². The van der Waals surface area contributed by atoms with Crippen molar-refractivity contribution >= 4 is 17.7 Å². The van der Waals surface area contributed by atoms with Gasteiger partial charge in [0.05, 0.1) is 12.6 Å². The number of hydrogen-bond donors (Lipinski definition) is 1. The number of nitrogens with zero attached hydrogens (tertiary/aromatic N) is 1. The Kier molecular flexibility index (Phi) is 4.86. The number of carbonyl (C=O) groups is 1. The number of aryl methyl sites for hydroxylation is 1. The molecule has 1 heterocycles. The van der Waals surface area contributed by atoms with Gasteiger partial charge in [-0.1, -0.05) is 29.8 Å². The van der Waals surface area contributed by atoms with Crippen molar-refractivity contribution in [3.63, 3.8) is 0 Å². The largest absolute Gasteiger partial charge is 0.333 e. The van der Waals surface area contributed by atoms with E-state index in [1.165, 1.54) is 24.0 Å². The van der Waals surface area contributed by atoms with Gasteiger partial charge in [0.15, 0.2) is 0 Å². The smallest absolute Gasteiger partial charge is 0.237 e. The van der Waals surface area contributed by atoms with Gasteiger partial charge in [-0.15, -0.1) is 0 Å². The molecule has 1 N–H and O–H groups in total. The van der Waals surface area contributed by atoms with Crippen LogP contribution in [0, 0.1) is 12.8 Å². The number of carbonyl (C=O) groups excluding carboxylic acids is 1. The van der Waals surface area contributed by atoms with Crippen molar-refractivity contribution in [2.24, 2.45) is 5.92 Å². The molecule has 0 spiro atoms. The number of amides is 1. The van der Waals surface area contributed by atoms with Crippen LogP contribution in [0.4, 0.5) is 0 Å². The summed E-state index contributed by atoms with van der Waals surface area (Å²) < 4.78 is 0. The van der Waals surface area contributed by atoms with E-state index in [2.05, 4.69) is 41.4 Å². The Morgan fingerprint density at radius 3 is 2.81 bits per heavy atom. The Balaban J connectivity index is 1.62. The molecule has 0 radical (unpaired) electrons. The summed E-state index contributed by atoms with van der Waals surface area (Å²) in [7, 11) is 0. The third-order valence-corrected chi connectivity index (χ3v) is 5.34. The van der Waals surface area contributed by atoms with E-state index in [0.29, 0.717) is 6.54 Å². The maximum atomic E-state index is 12.5. The molecule has 3 rings (SSSR count). The molecular formula is C17H24N2OS. The van der Waals surface area contributed by atoms with Crippen molar-refractivity contribution in [1.82, 2.24) is 10.2 Å². The van der Waals surface area contributed by atoms with Crippen molar-refractivity contribution < 1.29 is 4.79 Å². The van der Waals surface area contributed by atoms with E-state index in [4.69, 9.17) is 0 Å². The molecule has 2 fully saturated rings. The molecule has 0 bridgehead atoms. The second-order valence-electron chi connectivity index (χ2n) is 6.16. The van der Waals surface area contributed by atoms with Gasteiger partial charge in [0, 0.05) is 18.1 Å². The Labute approximate surface area is 131 Å². The van der Waals surface area contributed by atoms with Gasteiger partial charge < -0.3 is 10.2 Å². The topological polar surface area (TPSA) is 32.3 Å². The summed E-state index contributed by atoms with van der Waals surface area (Å²) in [6.45, 7) is 4.46. The molecule has 4 heteroatoms. The average molecular weight is 304 g/mol. The zero-order chi connectivity index (χ0) is 14.7. The van der Waals surface area contributed by atoms with E-state index >= 15 is 0 Å². The van der Waals surface area contributed by atoms with Crippen LogP contribution in [-0.4, -0.2) is 41.9 Å². The van der Waals surface area contributed by atoms with E-state index in [0.717, 1.165) is 30.5 Å². The Morgan fingerprint density at radius 2 is 2.10 bits per heavy atom. The third-order valence-electron chi connectivity index (χ3n) is 4.32. The summed E-state index contributed by atoms with van der Waals surface area (Å²) in [5, 5.41) is 3.33. The standard InChI is InChI=1S/C17H24N2OS/c1-13-2-6-15(7-3-13)16-12-21-9-8-19(16)17(20)11-18-10-14-4-5-14/h2-3,6-7,14,16,18H,4-5,8-12H2,1H3. The zero-order valence-corrected chi connectivity index (χ0v) is 13.5. The molecule has 114 valence electrons. The molecule has 1 aromatic carbocycles. The molecule has 1 atom stereocenters. The number of hydrogen-bond acceptors (Lipinski definition) is 3. The van der Waals surface area contributed by atoms with Crippen molar-refractivity contribution in [1.29, 1.82) is 0 Å². The van der Waals surface area contributed by atoms with Gasteiger partial charge in [-0.05, 0) is 37.8 Å². The minimum absolute atomic E-state index is 0.236. The lowest BCUT2D eigenvalue weighted by Gasteiger charge is -2.36. The van der Waals surface area contributed by atoms with Crippen molar-refractivity contribution in [3.05, 3.63) is 35.4 Å². The highest BCUT2D eigenvalue weighted by atomic mass is 32.2. The second kappa shape index (κ2) is 6.84. The first-order chi connectivity index (χ1) is 10.2. The number of thioether (sulfide) groups is 1. The molecule has 1 saturated carbocycles. The number of rotatable bonds is 5. The first-order valence-electron chi connectivity index (χ1n) is 7.88. The Hall–Kier alpha value is -1.00. The van der Waals surface area contributed by atoms with Crippen molar-refractivity contribution in [2.75, 3.05) is 31.1 Å². The van der Waals surface area contributed by atoms with Crippen LogP contribution < -0.4 is 5.32 Å². The van der Waals surface area contributed by atoms with Gasteiger partial charge in [-0.25, -0.2) is 0 Å². The Morgan fingerprint density at radius 1 is 1.33 bits per heavy atom. The maximum absolute atomic E-state index is 12.5. The SMILES string of the molecule is Cc1ccc(C2CSCCN2C(=O)CNCC2CC2)cc1. The lowest BCUT2D eigenvalue weighted by atomic mass is 10.0. The lowest BCUT2D eigenvalue weighted by Crippen LogP contribution is -2.45. The number of nitrogens with one attached hydrogen (secondary N) is 1. The van der Waals surface area contributed by atoms with E-state index in [1.807, 2.05) is 11.8 Å². The predicted octanol–water partition coefficient (Wildman–Crippen LogP) is 2.61. The van der Waals surface area contributed by atoms with Crippen LogP contribution in [0.5, 0.6) is 0 Å². The number of benzene rings is 1. The lowest BCUT2D eigenvalue weighted by molar-refractivity contribution is -0.132. The van der Waals surface area contributed by atoms with Crippen molar-refractivity contribution in [2.45, 2.75) is 25.8 Å². The first kappa shape index (κ1) is 14.9. The van der Waals surface area contributed by atoms with Gasteiger partial charge in [-0.2, -0.15) is 11.8 Å². The van der Waals surface area contributed by atoms with Crippen molar-refractivity contribution in [3.8, 4) is 0 Å². The summed E-state index contributed by atoms with van der Waals surface area (Å²) >= 11 is 1.95. The molecule has 1 saturated heterocycles. The van der Waals surface area contributed by atoms with E-state index in [-0.39, 0.29) is 11.9 Å². The Bertz CT molecular complexity index is 484. The van der Waals surface area contributed by atoms with Gasteiger partial charge in [0.1, 0.15) is 0 Å². The third kappa shape index (κ3) is 4.01. The fourth-order valence-corrected chi connectivity index (χ4v) is 3.86. The molecule has 1 aromatic rings. The monoisotopic (exact) mass is 304 g/mol. The van der Waals surface area contributed by atoms with Crippen LogP contribution in [0.2, 0.25) is 0 Å². The van der Waals surface area contributed by atoms with Crippen LogP contribution >= 0.6 is 11.8 Å². The summed E-state index contributed by atoms with van der Waals surface area (Å²) in [4.78, 5) is 14.6. The van der Waals surface area contributed by atoms with Gasteiger partial charge in [0.25, 0.3) is 0 Å². The fourth-order valence-electron chi connectivity index (χ4n) is 2.77. The molecule has 1 aliphatic carbocycles. The van der Waals surface area contributed by atoms with Gasteiger partial charge >= 0.3 is 0 Å². The molecule has 2 aliphatic rings. The summed E-state index contributed by atoms with van der Waals surface area (Å²) in [5.41, 5.74) is 2.54. The molecule has 1 unspecified atom stereocenters. The van der Waals surface area contributed by atoms with Crippen LogP contribution in [0.15, 0.2) is 24.3 Å². The quantitative estimate of drug-likeness (QED) is 0.907. The normalized spacial score (nSPS) is 22.3. The zero-order valence-electron chi connectivity index (χ0n) is 12.7. The van der Waals surface area contributed by atoms with E-state index in [9.17, 15) is 4.79 Å². The van der Waals surface area contributed by atoms with E-state index < -0.39 is 0 Å².